The second-order valence-corrected chi connectivity index (χ2v) is 23.0. The maximum absolute atomic E-state index is 15.0. The second-order valence-electron chi connectivity index (χ2n) is 23.0. The Hall–Kier alpha value is -3.49. The van der Waals surface area contributed by atoms with Crippen LogP contribution in [0.1, 0.15) is 76.2 Å². The minimum absolute atomic E-state index is 0.305. The van der Waals surface area contributed by atoms with Crippen LogP contribution in [0.3, 0.4) is 0 Å². The van der Waals surface area contributed by atoms with Crippen molar-refractivity contribution in [1.29, 1.82) is 0 Å². The first kappa shape index (κ1) is 58.7. The molecule has 27 heteroatoms. The molecule has 432 valence electrons. The van der Waals surface area contributed by atoms with Gasteiger partial charge in [-0.1, -0.05) is 0 Å². The monoisotopic (exact) mass is 1090 g/mol. The van der Waals surface area contributed by atoms with Crippen molar-refractivity contribution in [2.24, 2.45) is 23.7 Å². The Morgan fingerprint density at radius 1 is 0.434 bits per heavy atom. The molecule has 0 aromatic rings. The van der Waals surface area contributed by atoms with Crippen LogP contribution in [-0.2, 0) is 99.7 Å². The molecule has 5 N–H and O–H groups in total. The largest absolute Gasteiger partial charge is 0.481 e. The zero-order valence-electron chi connectivity index (χ0n) is 45.8. The number of alkyl carbamates (subject to hydrolysis) is 1. The van der Waals surface area contributed by atoms with Crippen LogP contribution in [0, 0.1) is 23.7 Å². The van der Waals surface area contributed by atoms with Crippen molar-refractivity contribution in [1.82, 2.24) is 21.3 Å². The lowest BCUT2D eigenvalue weighted by molar-refractivity contribution is -0.224. The van der Waals surface area contributed by atoms with Crippen molar-refractivity contribution < 1.29 is 110 Å². The van der Waals surface area contributed by atoms with E-state index in [-0.39, 0.29) is 6.54 Å². The van der Waals surface area contributed by atoms with Crippen LogP contribution in [-0.4, -0.2) is 217 Å². The molecule has 0 unspecified atom stereocenters. The van der Waals surface area contributed by atoms with E-state index in [1.54, 1.807) is 76.2 Å². The van der Waals surface area contributed by atoms with Crippen LogP contribution in [0.4, 0.5) is 4.79 Å². The van der Waals surface area contributed by atoms with Gasteiger partial charge in [-0.2, -0.15) is 0 Å². The number of rotatable bonds is 20. The molecule has 0 saturated carbocycles. The molecule has 0 aromatic heterocycles. The fourth-order valence-corrected chi connectivity index (χ4v) is 11.3. The number of hydrogen-bond acceptors (Lipinski definition) is 22. The Morgan fingerprint density at radius 3 is 0.934 bits per heavy atom. The molecule has 0 bridgehead atoms. The molecule has 0 aromatic carbocycles. The summed E-state index contributed by atoms with van der Waals surface area (Å²) in [6.45, 7) is 17.1. The number of amides is 4. The van der Waals surface area contributed by atoms with E-state index in [0.717, 1.165) is 0 Å². The highest BCUT2D eigenvalue weighted by Gasteiger charge is 2.62. The SMILES string of the molecule is CO[C@@H]1[C@H]2OC(C)(C)O[C@H]2O[C@@H]1[C@H](CNC(=O)OC(C)(C)C)C(=O)NC[C@@H](C(=O)NC[C@H](C(=O)NC[C@@H](C(=O)O)[C@H]1O[C@@H]2OC(C)(C)O[C@@H]2[C@H]1OC)[C@H]1O[C@@H]2OC(C)(C)O[C@@H]2[C@H]1OC)[C@H]1O[C@@H]2OC(C)(C)O[C@@H]2[C@H]1OC. The summed E-state index contributed by atoms with van der Waals surface area (Å²) in [5.74, 6) is -12.7. The van der Waals surface area contributed by atoms with Crippen molar-refractivity contribution >= 4 is 29.8 Å². The molecule has 8 fully saturated rings. The molecule has 8 aliphatic heterocycles. The van der Waals surface area contributed by atoms with Gasteiger partial charge in [-0.25, -0.2) is 4.79 Å². The number of carbonyl (C=O) groups excluding carboxylic acids is 4. The maximum Gasteiger partial charge on any atom is 0.407 e. The Kier molecular flexibility index (Phi) is 17.1. The average Bonchev–Trinajstić information content (AvgIpc) is 4.17. The average molecular weight is 1090 g/mol. The molecule has 8 heterocycles. The molecule has 20 atom stereocenters. The van der Waals surface area contributed by atoms with Crippen molar-refractivity contribution in [3.63, 3.8) is 0 Å². The smallest absolute Gasteiger partial charge is 0.407 e. The van der Waals surface area contributed by atoms with Crippen molar-refractivity contribution in [2.45, 2.75) is 203 Å². The van der Waals surface area contributed by atoms with Gasteiger partial charge in [0.25, 0.3) is 0 Å². The third kappa shape index (κ3) is 12.4. The van der Waals surface area contributed by atoms with E-state index < -0.39 is 200 Å². The van der Waals surface area contributed by atoms with Gasteiger partial charge >= 0.3 is 12.1 Å². The minimum Gasteiger partial charge on any atom is -0.481 e. The predicted molar refractivity (Wildman–Crippen MR) is 253 cm³/mol. The van der Waals surface area contributed by atoms with E-state index in [1.165, 1.54) is 28.4 Å². The van der Waals surface area contributed by atoms with Gasteiger partial charge in [0.1, 0.15) is 84.8 Å². The lowest BCUT2D eigenvalue weighted by Gasteiger charge is -2.33. The van der Waals surface area contributed by atoms with Gasteiger partial charge in [0.05, 0.1) is 17.8 Å². The van der Waals surface area contributed by atoms with Crippen molar-refractivity contribution in [3.05, 3.63) is 0 Å². The second kappa shape index (κ2) is 22.2. The van der Waals surface area contributed by atoms with E-state index >= 15 is 4.79 Å². The normalized spacial score (nSPS) is 38.8. The summed E-state index contributed by atoms with van der Waals surface area (Å²) >= 11 is 0. The summed E-state index contributed by atoms with van der Waals surface area (Å²) in [6, 6.07) is 0. The van der Waals surface area contributed by atoms with E-state index in [4.69, 9.17) is 80.5 Å². The zero-order chi connectivity index (χ0) is 55.6. The van der Waals surface area contributed by atoms with E-state index in [1.807, 2.05) is 0 Å². The molecule has 27 nitrogen and oxygen atoms in total. The van der Waals surface area contributed by atoms with Crippen LogP contribution in [0.5, 0.6) is 0 Å². The number of carboxylic acid groups (broad SMARTS) is 1. The van der Waals surface area contributed by atoms with Crippen LogP contribution in [0.15, 0.2) is 0 Å². The molecule has 0 radical (unpaired) electrons. The molecule has 0 spiro atoms. The summed E-state index contributed by atoms with van der Waals surface area (Å²) < 4.78 is 102. The van der Waals surface area contributed by atoms with E-state index in [9.17, 15) is 24.3 Å². The quantitative estimate of drug-likeness (QED) is 0.107. The highest BCUT2D eigenvalue weighted by Crippen LogP contribution is 2.45. The third-order valence-corrected chi connectivity index (χ3v) is 14.5. The summed E-state index contributed by atoms with van der Waals surface area (Å²) in [6.07, 6.45) is -15.7. The van der Waals surface area contributed by atoms with Gasteiger partial charge < -0.3 is 107 Å². The van der Waals surface area contributed by atoms with E-state index in [2.05, 4.69) is 21.3 Å². The molecule has 8 aliphatic rings. The van der Waals surface area contributed by atoms with Gasteiger partial charge in [0, 0.05) is 54.6 Å². The first-order valence-corrected chi connectivity index (χ1v) is 25.7. The van der Waals surface area contributed by atoms with Gasteiger partial charge in [0.15, 0.2) is 48.3 Å². The Morgan fingerprint density at radius 2 is 0.684 bits per heavy atom. The zero-order valence-corrected chi connectivity index (χ0v) is 45.8. The number of methoxy groups -OCH3 is 4. The minimum atomic E-state index is -1.37. The van der Waals surface area contributed by atoms with Crippen LogP contribution >= 0.6 is 0 Å². The summed E-state index contributed by atoms with van der Waals surface area (Å²) in [5.41, 5.74) is -0.862. The van der Waals surface area contributed by atoms with Gasteiger partial charge in [-0.05, 0) is 76.2 Å². The molecule has 8 rings (SSSR count). The van der Waals surface area contributed by atoms with Gasteiger partial charge in [0.2, 0.25) is 17.7 Å². The first-order chi connectivity index (χ1) is 35.5. The van der Waals surface area contributed by atoms with Crippen LogP contribution < -0.4 is 21.3 Å². The number of carboxylic acids is 1. The number of hydrogen-bond donors (Lipinski definition) is 5. The predicted octanol–water partition coefficient (Wildman–Crippen LogP) is -0.0253. The highest BCUT2D eigenvalue weighted by molar-refractivity contribution is 5.85. The topological polar surface area (TPSA) is 311 Å². The third-order valence-electron chi connectivity index (χ3n) is 14.5. The van der Waals surface area contributed by atoms with Crippen LogP contribution in [0.25, 0.3) is 0 Å². The lowest BCUT2D eigenvalue weighted by atomic mass is 9.92. The first-order valence-electron chi connectivity index (χ1n) is 25.7. The Balaban J connectivity index is 1.04. The number of ether oxygens (including phenoxy) is 17. The molecule has 76 heavy (non-hydrogen) atoms. The summed E-state index contributed by atoms with van der Waals surface area (Å²) in [4.78, 5) is 70.3. The molecule has 0 aliphatic carbocycles. The highest BCUT2D eigenvalue weighted by atomic mass is 16.9. The number of carbonyl (C=O) groups is 5. The number of nitrogens with one attached hydrogen (secondary N) is 4. The molecule has 4 amide bonds. The standard InChI is InChI=1S/C49H78N4O23/c1-45(2,3)76-44(59)53-18-22(26-30(62-14)34-42(66-26)74-48(8,9)70-34)38(56)51-16-20(24-28(60-12)32-40(64-24)72-46(4,5)68-32)36(54)50-17-21(25-29(61-13)33-41(65-25)73-47(6,7)69-33)37(55)52-19-23(39(57)58)27-31(63-15)35-43(67-27)75-49(10,11)71-35/h20-35,40-43H,16-19H2,1-15H3,(H,50,54)(H,51,56)(H,52,55)(H,53,59)(H,57,58)/t20-,21+,22+,23-,24-,25-,26-,27-,28+,29+,30+,31+,32-,33-,34-,35-,40-,41-,42-,43-/m1/s1. The summed E-state index contributed by atoms with van der Waals surface area (Å²) in [7, 11) is 5.67. The van der Waals surface area contributed by atoms with Gasteiger partial charge in [-0.3, -0.25) is 19.2 Å². The lowest BCUT2D eigenvalue weighted by Crippen LogP contribution is -2.55. The van der Waals surface area contributed by atoms with Crippen LogP contribution in [0.2, 0.25) is 0 Å². The fourth-order valence-electron chi connectivity index (χ4n) is 11.3. The Bertz CT molecular complexity index is 2120. The fraction of sp³-hybridized carbons (Fsp3) is 0.898. The maximum atomic E-state index is 15.0. The molecule has 8 saturated heterocycles. The van der Waals surface area contributed by atoms with Gasteiger partial charge in [-0.15, -0.1) is 0 Å². The number of aliphatic carboxylic acids is 1. The summed E-state index contributed by atoms with van der Waals surface area (Å²) in [5, 5.41) is 21.7. The number of fused-ring (bicyclic) bond motifs is 4. The molecular weight excluding hydrogens is 1010 g/mol. The van der Waals surface area contributed by atoms with E-state index in [0.29, 0.717) is 0 Å². The van der Waals surface area contributed by atoms with Crippen molar-refractivity contribution in [3.8, 4) is 0 Å². The molecular formula is C49H78N4O23. The van der Waals surface area contributed by atoms with Crippen molar-refractivity contribution in [2.75, 3.05) is 54.6 Å². The Labute approximate surface area is 441 Å².